The molecule has 4 heteroatoms. The highest BCUT2D eigenvalue weighted by molar-refractivity contribution is 5.93. The number of aliphatic carboxylic acids is 1. The van der Waals surface area contributed by atoms with E-state index in [2.05, 4.69) is 5.32 Å². The van der Waals surface area contributed by atoms with Gasteiger partial charge in [0.05, 0.1) is 5.92 Å². The van der Waals surface area contributed by atoms with E-state index in [1.807, 2.05) is 13.0 Å². The molecule has 0 bridgehead atoms. The molecule has 0 aliphatic rings. The molecule has 0 aromatic carbocycles. The Morgan fingerprint density at radius 1 is 1.40 bits per heavy atom. The molecule has 0 fully saturated rings. The third-order valence-corrected chi connectivity index (χ3v) is 2.37. The minimum Gasteiger partial charge on any atom is -0.481 e. The molecule has 0 radical (unpaired) electrons. The Bertz CT molecular complexity index is 271. The standard InChI is InChI=1S/C11H19NO3/c1-5-6-7(2)10(13)12-9(4)8(3)11(14)15/h6,8-9H,5H2,1-4H3,(H,12,13)(H,14,15)/b7-6-. The molecule has 0 aromatic heterocycles. The number of allylic oxidation sites excluding steroid dienone is 1. The first-order chi connectivity index (χ1) is 6.90. The lowest BCUT2D eigenvalue weighted by molar-refractivity contribution is -0.142. The van der Waals surface area contributed by atoms with Gasteiger partial charge in [0.1, 0.15) is 0 Å². The van der Waals surface area contributed by atoms with Crippen LogP contribution in [0.15, 0.2) is 11.6 Å². The highest BCUT2D eigenvalue weighted by atomic mass is 16.4. The van der Waals surface area contributed by atoms with Gasteiger partial charge in [-0.2, -0.15) is 0 Å². The number of amides is 1. The summed E-state index contributed by atoms with van der Waals surface area (Å²) in [6.45, 7) is 6.93. The van der Waals surface area contributed by atoms with E-state index in [1.165, 1.54) is 0 Å². The van der Waals surface area contributed by atoms with E-state index >= 15 is 0 Å². The van der Waals surface area contributed by atoms with Crippen molar-refractivity contribution in [2.75, 3.05) is 0 Å². The largest absolute Gasteiger partial charge is 0.481 e. The quantitative estimate of drug-likeness (QED) is 0.681. The maximum Gasteiger partial charge on any atom is 0.308 e. The lowest BCUT2D eigenvalue weighted by Gasteiger charge is -2.17. The third kappa shape index (κ3) is 4.63. The van der Waals surface area contributed by atoms with Crippen molar-refractivity contribution in [3.8, 4) is 0 Å². The van der Waals surface area contributed by atoms with E-state index in [0.717, 1.165) is 6.42 Å². The normalized spacial score (nSPS) is 15.6. The molecule has 0 saturated carbocycles. The first-order valence-corrected chi connectivity index (χ1v) is 5.10. The van der Waals surface area contributed by atoms with Gasteiger partial charge in [0.2, 0.25) is 5.91 Å². The first-order valence-electron chi connectivity index (χ1n) is 5.10. The molecular formula is C11H19NO3. The van der Waals surface area contributed by atoms with Gasteiger partial charge < -0.3 is 10.4 Å². The van der Waals surface area contributed by atoms with Crippen molar-refractivity contribution in [2.45, 2.75) is 40.2 Å². The minimum absolute atomic E-state index is 0.197. The van der Waals surface area contributed by atoms with Crippen LogP contribution in [0.5, 0.6) is 0 Å². The summed E-state index contributed by atoms with van der Waals surface area (Å²) in [6.07, 6.45) is 2.61. The zero-order valence-corrected chi connectivity index (χ0v) is 9.70. The highest BCUT2D eigenvalue weighted by Gasteiger charge is 2.21. The smallest absolute Gasteiger partial charge is 0.308 e. The SMILES string of the molecule is CC/C=C(/C)C(=O)NC(C)C(C)C(=O)O. The second-order valence-corrected chi connectivity index (χ2v) is 3.68. The van der Waals surface area contributed by atoms with E-state index in [9.17, 15) is 9.59 Å². The van der Waals surface area contributed by atoms with Gasteiger partial charge in [0.15, 0.2) is 0 Å². The summed E-state index contributed by atoms with van der Waals surface area (Å²) in [5.74, 6) is -1.68. The summed E-state index contributed by atoms with van der Waals surface area (Å²) in [6, 6.07) is -0.366. The molecule has 0 aliphatic carbocycles. The van der Waals surface area contributed by atoms with Gasteiger partial charge in [0.25, 0.3) is 0 Å². The zero-order chi connectivity index (χ0) is 12.0. The topological polar surface area (TPSA) is 66.4 Å². The summed E-state index contributed by atoms with van der Waals surface area (Å²) >= 11 is 0. The van der Waals surface area contributed by atoms with Crippen molar-refractivity contribution < 1.29 is 14.7 Å². The maximum atomic E-state index is 11.5. The van der Waals surface area contributed by atoms with Crippen LogP contribution in [0.25, 0.3) is 0 Å². The fourth-order valence-electron chi connectivity index (χ4n) is 1.06. The Morgan fingerprint density at radius 2 is 1.93 bits per heavy atom. The Labute approximate surface area is 90.4 Å². The number of hydrogen-bond acceptors (Lipinski definition) is 2. The summed E-state index contributed by atoms with van der Waals surface area (Å²) in [7, 11) is 0. The van der Waals surface area contributed by atoms with E-state index in [1.54, 1.807) is 20.8 Å². The molecule has 2 N–H and O–H groups in total. The van der Waals surface area contributed by atoms with Crippen LogP contribution in [0, 0.1) is 5.92 Å². The molecule has 2 atom stereocenters. The van der Waals surface area contributed by atoms with Gasteiger partial charge in [-0.3, -0.25) is 9.59 Å². The van der Waals surface area contributed by atoms with Crippen molar-refractivity contribution in [1.29, 1.82) is 0 Å². The van der Waals surface area contributed by atoms with Crippen LogP contribution in [0.3, 0.4) is 0 Å². The average Bonchev–Trinajstić information content (AvgIpc) is 2.16. The molecule has 4 nitrogen and oxygen atoms in total. The number of nitrogens with one attached hydrogen (secondary N) is 1. The number of carbonyl (C=O) groups is 2. The predicted molar refractivity (Wildman–Crippen MR) is 58.5 cm³/mol. The van der Waals surface area contributed by atoms with Crippen LogP contribution >= 0.6 is 0 Å². The predicted octanol–water partition coefficient (Wildman–Crippen LogP) is 1.57. The van der Waals surface area contributed by atoms with E-state index in [-0.39, 0.29) is 11.9 Å². The number of carbonyl (C=O) groups excluding carboxylic acids is 1. The van der Waals surface area contributed by atoms with Gasteiger partial charge >= 0.3 is 5.97 Å². The average molecular weight is 213 g/mol. The molecule has 15 heavy (non-hydrogen) atoms. The molecule has 0 aromatic rings. The van der Waals surface area contributed by atoms with Gasteiger partial charge in [-0.25, -0.2) is 0 Å². The molecule has 0 saturated heterocycles. The van der Waals surface area contributed by atoms with Crippen molar-refractivity contribution >= 4 is 11.9 Å². The molecule has 0 spiro atoms. The Balaban J connectivity index is 4.30. The van der Waals surface area contributed by atoms with Gasteiger partial charge in [-0.1, -0.05) is 13.0 Å². The van der Waals surface area contributed by atoms with E-state index < -0.39 is 11.9 Å². The molecule has 0 rings (SSSR count). The van der Waals surface area contributed by atoms with Crippen LogP contribution in [0.2, 0.25) is 0 Å². The fraction of sp³-hybridized carbons (Fsp3) is 0.636. The molecule has 2 unspecified atom stereocenters. The highest BCUT2D eigenvalue weighted by Crippen LogP contribution is 2.04. The van der Waals surface area contributed by atoms with Gasteiger partial charge in [0, 0.05) is 11.6 Å². The second-order valence-electron chi connectivity index (χ2n) is 3.68. The summed E-state index contributed by atoms with van der Waals surface area (Å²) < 4.78 is 0. The molecule has 86 valence electrons. The monoisotopic (exact) mass is 213 g/mol. The number of hydrogen-bond donors (Lipinski definition) is 2. The first kappa shape index (κ1) is 13.7. The lowest BCUT2D eigenvalue weighted by atomic mass is 10.0. The summed E-state index contributed by atoms with van der Waals surface area (Å²) in [4.78, 5) is 22.1. The van der Waals surface area contributed by atoms with Crippen molar-refractivity contribution in [2.24, 2.45) is 5.92 Å². The lowest BCUT2D eigenvalue weighted by Crippen LogP contribution is -2.40. The molecule has 0 aliphatic heterocycles. The van der Waals surface area contributed by atoms with Crippen LogP contribution in [-0.2, 0) is 9.59 Å². The zero-order valence-electron chi connectivity index (χ0n) is 9.70. The Hall–Kier alpha value is -1.32. The van der Waals surface area contributed by atoms with Crippen molar-refractivity contribution in [3.05, 3.63) is 11.6 Å². The van der Waals surface area contributed by atoms with E-state index in [4.69, 9.17) is 5.11 Å². The maximum absolute atomic E-state index is 11.5. The summed E-state index contributed by atoms with van der Waals surface area (Å²) in [5.41, 5.74) is 0.627. The van der Waals surface area contributed by atoms with E-state index in [0.29, 0.717) is 5.57 Å². The van der Waals surface area contributed by atoms with Crippen LogP contribution in [0.4, 0.5) is 0 Å². The third-order valence-electron chi connectivity index (χ3n) is 2.37. The van der Waals surface area contributed by atoms with Crippen molar-refractivity contribution in [1.82, 2.24) is 5.32 Å². The summed E-state index contributed by atoms with van der Waals surface area (Å²) in [5, 5.41) is 11.4. The Morgan fingerprint density at radius 3 is 2.33 bits per heavy atom. The second kappa shape index (κ2) is 6.22. The molecule has 1 amide bonds. The van der Waals surface area contributed by atoms with Gasteiger partial charge in [-0.15, -0.1) is 0 Å². The molecular weight excluding hydrogens is 194 g/mol. The Kier molecular flexibility index (Phi) is 5.67. The van der Waals surface area contributed by atoms with Crippen LogP contribution in [-0.4, -0.2) is 23.0 Å². The molecule has 0 heterocycles. The number of carboxylic acid groups (broad SMARTS) is 1. The van der Waals surface area contributed by atoms with Gasteiger partial charge in [-0.05, 0) is 27.2 Å². The van der Waals surface area contributed by atoms with Crippen molar-refractivity contribution in [3.63, 3.8) is 0 Å². The minimum atomic E-state index is -0.903. The number of carboxylic acids is 1. The fourth-order valence-corrected chi connectivity index (χ4v) is 1.06. The van der Waals surface area contributed by atoms with Crippen LogP contribution in [0.1, 0.15) is 34.1 Å². The van der Waals surface area contributed by atoms with Crippen LogP contribution < -0.4 is 5.32 Å². The number of rotatable bonds is 5.